The fraction of sp³-hybridized carbons (Fsp3) is 0.533. The molecule has 1 saturated heterocycles. The lowest BCUT2D eigenvalue weighted by Gasteiger charge is -2.21. The van der Waals surface area contributed by atoms with E-state index in [1.165, 1.54) is 28.3 Å². The molecule has 1 aromatic carbocycles. The van der Waals surface area contributed by atoms with E-state index in [-0.39, 0.29) is 0 Å². The average molecular weight is 245 g/mol. The lowest BCUT2D eigenvalue weighted by atomic mass is 9.82. The van der Waals surface area contributed by atoms with Crippen molar-refractivity contribution in [2.24, 2.45) is 22.7 Å². The molecule has 1 nitrogen and oxygen atoms in total. The van der Waals surface area contributed by atoms with Gasteiger partial charge in [-0.1, -0.05) is 38.1 Å². The molecule has 2 heterocycles. The third-order valence-electron chi connectivity index (χ3n) is 4.08. The Hall–Kier alpha value is -0.760. The van der Waals surface area contributed by atoms with Crippen molar-refractivity contribution in [1.82, 2.24) is 0 Å². The van der Waals surface area contributed by atoms with Crippen molar-refractivity contribution < 1.29 is 0 Å². The second kappa shape index (κ2) is 4.49. The molecule has 3 rings (SSSR count). The number of rotatable bonds is 1. The van der Waals surface area contributed by atoms with Crippen LogP contribution in [0.1, 0.15) is 25.0 Å². The zero-order valence-corrected chi connectivity index (χ0v) is 11.3. The molecule has 90 valence electrons. The van der Waals surface area contributed by atoms with Gasteiger partial charge in [-0.15, -0.1) is 11.8 Å². The summed E-state index contributed by atoms with van der Waals surface area (Å²) in [5, 5.41) is 1.42. The van der Waals surface area contributed by atoms with Crippen molar-refractivity contribution in [2.45, 2.75) is 26.8 Å². The van der Waals surface area contributed by atoms with Gasteiger partial charge in [-0.2, -0.15) is 0 Å². The first-order valence-corrected chi connectivity index (χ1v) is 7.48. The molecule has 0 aromatic heterocycles. The van der Waals surface area contributed by atoms with Crippen LogP contribution in [0.15, 0.2) is 29.3 Å². The molecule has 1 aromatic rings. The molecule has 2 atom stereocenters. The van der Waals surface area contributed by atoms with Crippen LogP contribution in [0.5, 0.6) is 0 Å². The number of benzene rings is 1. The van der Waals surface area contributed by atoms with Crippen LogP contribution >= 0.6 is 11.8 Å². The number of hydrogen-bond acceptors (Lipinski definition) is 2. The Labute approximate surface area is 108 Å². The van der Waals surface area contributed by atoms with E-state index in [4.69, 9.17) is 4.99 Å². The van der Waals surface area contributed by atoms with Crippen LogP contribution in [0.4, 0.5) is 0 Å². The molecule has 0 aliphatic carbocycles. The molecular weight excluding hydrogens is 226 g/mol. The molecule has 0 bridgehead atoms. The molecule has 1 fully saturated rings. The Bertz CT molecular complexity index is 450. The summed E-state index contributed by atoms with van der Waals surface area (Å²) in [6.45, 7) is 5.59. The van der Waals surface area contributed by atoms with E-state index in [2.05, 4.69) is 38.1 Å². The second-order valence-corrected chi connectivity index (χ2v) is 6.49. The molecule has 2 unspecified atom stereocenters. The molecule has 2 heteroatoms. The van der Waals surface area contributed by atoms with Gasteiger partial charge in [-0.3, -0.25) is 4.99 Å². The van der Waals surface area contributed by atoms with Crippen LogP contribution < -0.4 is 0 Å². The van der Waals surface area contributed by atoms with Gasteiger partial charge in [0.2, 0.25) is 0 Å². The highest BCUT2D eigenvalue weighted by molar-refractivity contribution is 8.14. The van der Waals surface area contributed by atoms with E-state index >= 15 is 0 Å². The standard InChI is InChI=1S/C15H19NS/c1-10(2)14-9-17-15-13(14)7-11-5-3-4-6-12(11)8-16-15/h3-6,10,13-14H,7-9H2,1-2H3. The van der Waals surface area contributed by atoms with E-state index in [0.717, 1.165) is 18.4 Å². The maximum absolute atomic E-state index is 4.84. The fourth-order valence-electron chi connectivity index (χ4n) is 2.96. The van der Waals surface area contributed by atoms with Gasteiger partial charge in [0, 0.05) is 11.7 Å². The number of nitrogens with zero attached hydrogens (tertiary/aromatic N) is 1. The topological polar surface area (TPSA) is 12.4 Å². The van der Waals surface area contributed by atoms with Crippen molar-refractivity contribution in [2.75, 3.05) is 5.75 Å². The average Bonchev–Trinajstić information content (AvgIpc) is 2.63. The largest absolute Gasteiger partial charge is 0.278 e. The summed E-state index contributed by atoms with van der Waals surface area (Å²) in [7, 11) is 0. The fourth-order valence-corrected chi connectivity index (χ4v) is 4.57. The maximum atomic E-state index is 4.84. The molecule has 0 radical (unpaired) electrons. The van der Waals surface area contributed by atoms with Crippen LogP contribution in [0.2, 0.25) is 0 Å². The van der Waals surface area contributed by atoms with Crippen molar-refractivity contribution in [3.63, 3.8) is 0 Å². The molecule has 2 aliphatic heterocycles. The highest BCUT2D eigenvalue weighted by Crippen LogP contribution is 2.41. The Morgan fingerprint density at radius 1 is 1.24 bits per heavy atom. The smallest absolute Gasteiger partial charge is 0.0717 e. The highest BCUT2D eigenvalue weighted by Gasteiger charge is 2.36. The number of thioether (sulfide) groups is 1. The van der Waals surface area contributed by atoms with Gasteiger partial charge in [0.25, 0.3) is 0 Å². The number of hydrogen-bond donors (Lipinski definition) is 0. The van der Waals surface area contributed by atoms with Gasteiger partial charge in [0.15, 0.2) is 0 Å². The summed E-state index contributed by atoms with van der Waals surface area (Å²) in [5.41, 5.74) is 2.95. The highest BCUT2D eigenvalue weighted by atomic mass is 32.2. The first kappa shape index (κ1) is 11.3. The van der Waals surface area contributed by atoms with Gasteiger partial charge >= 0.3 is 0 Å². The van der Waals surface area contributed by atoms with Gasteiger partial charge in [-0.05, 0) is 29.4 Å². The normalized spacial score (nSPS) is 27.4. The number of fused-ring (bicyclic) bond motifs is 2. The molecule has 0 amide bonds. The quantitative estimate of drug-likeness (QED) is 0.733. The summed E-state index contributed by atoms with van der Waals surface area (Å²) in [6.07, 6.45) is 1.20. The summed E-state index contributed by atoms with van der Waals surface area (Å²) >= 11 is 2.00. The van der Waals surface area contributed by atoms with Gasteiger partial charge in [0.1, 0.15) is 0 Å². The molecule has 2 aliphatic rings. The molecular formula is C15H19NS. The minimum Gasteiger partial charge on any atom is -0.278 e. The summed E-state index contributed by atoms with van der Waals surface area (Å²) in [4.78, 5) is 4.84. The first-order chi connectivity index (χ1) is 8.25. The Morgan fingerprint density at radius 2 is 2.00 bits per heavy atom. The van der Waals surface area contributed by atoms with Crippen LogP contribution in [-0.4, -0.2) is 10.8 Å². The Balaban J connectivity index is 1.94. The van der Waals surface area contributed by atoms with E-state index in [1.54, 1.807) is 0 Å². The van der Waals surface area contributed by atoms with Crippen molar-refractivity contribution in [3.05, 3.63) is 35.4 Å². The lowest BCUT2D eigenvalue weighted by Crippen LogP contribution is -2.22. The predicted molar refractivity (Wildman–Crippen MR) is 75.6 cm³/mol. The van der Waals surface area contributed by atoms with Gasteiger partial charge in [-0.25, -0.2) is 0 Å². The predicted octanol–water partition coefficient (Wildman–Crippen LogP) is 3.78. The summed E-state index contributed by atoms with van der Waals surface area (Å²) in [5.74, 6) is 3.53. The Kier molecular flexibility index (Phi) is 2.99. The van der Waals surface area contributed by atoms with Gasteiger partial charge < -0.3 is 0 Å². The van der Waals surface area contributed by atoms with Crippen LogP contribution in [0.25, 0.3) is 0 Å². The first-order valence-electron chi connectivity index (χ1n) is 6.49. The van der Waals surface area contributed by atoms with E-state index in [1.807, 2.05) is 11.8 Å². The monoisotopic (exact) mass is 245 g/mol. The van der Waals surface area contributed by atoms with Crippen molar-refractivity contribution in [1.29, 1.82) is 0 Å². The van der Waals surface area contributed by atoms with Crippen LogP contribution in [-0.2, 0) is 13.0 Å². The van der Waals surface area contributed by atoms with E-state index < -0.39 is 0 Å². The van der Waals surface area contributed by atoms with Crippen LogP contribution in [0.3, 0.4) is 0 Å². The third-order valence-corrected chi connectivity index (χ3v) is 5.36. The van der Waals surface area contributed by atoms with Crippen molar-refractivity contribution in [3.8, 4) is 0 Å². The molecule has 17 heavy (non-hydrogen) atoms. The minimum atomic E-state index is 0.684. The zero-order valence-electron chi connectivity index (χ0n) is 10.5. The minimum absolute atomic E-state index is 0.684. The molecule has 0 N–H and O–H groups in total. The maximum Gasteiger partial charge on any atom is 0.0717 e. The van der Waals surface area contributed by atoms with Gasteiger partial charge in [0.05, 0.1) is 11.6 Å². The SMILES string of the molecule is CC(C)C1CSC2=NCc3ccccc3CC21. The van der Waals surface area contributed by atoms with E-state index in [9.17, 15) is 0 Å². The number of aliphatic imine (C=N–C) groups is 1. The molecule has 0 spiro atoms. The Morgan fingerprint density at radius 3 is 2.76 bits per heavy atom. The van der Waals surface area contributed by atoms with Crippen molar-refractivity contribution >= 4 is 16.8 Å². The second-order valence-electron chi connectivity index (χ2n) is 5.45. The molecule has 0 saturated carbocycles. The zero-order chi connectivity index (χ0) is 11.8. The lowest BCUT2D eigenvalue weighted by molar-refractivity contribution is 0.356. The third kappa shape index (κ3) is 2.03. The van der Waals surface area contributed by atoms with E-state index in [0.29, 0.717) is 5.92 Å². The summed E-state index contributed by atoms with van der Waals surface area (Å²) < 4.78 is 0. The summed E-state index contributed by atoms with van der Waals surface area (Å²) in [6, 6.07) is 8.81. The van der Waals surface area contributed by atoms with Crippen LogP contribution in [0, 0.1) is 17.8 Å².